The van der Waals surface area contributed by atoms with Crippen molar-refractivity contribution in [1.29, 1.82) is 0 Å². The maximum Gasteiger partial charge on any atom is 0.237 e. The fourth-order valence-electron chi connectivity index (χ4n) is 3.65. The van der Waals surface area contributed by atoms with Gasteiger partial charge in [-0.25, -0.2) is 4.98 Å². The minimum atomic E-state index is -0.255. The van der Waals surface area contributed by atoms with Gasteiger partial charge in [0.2, 0.25) is 5.91 Å². The molecule has 1 unspecified atom stereocenters. The molecule has 1 aromatic heterocycles. The minimum Gasteiger partial charge on any atom is -0.332 e. The smallest absolute Gasteiger partial charge is 0.237 e. The Bertz CT molecular complexity index is 1150. The van der Waals surface area contributed by atoms with Crippen molar-refractivity contribution in [2.45, 2.75) is 37.6 Å². The van der Waals surface area contributed by atoms with E-state index >= 15 is 0 Å². The third-order valence-corrected chi connectivity index (χ3v) is 6.60. The highest BCUT2D eigenvalue weighted by atomic mass is 32.2. The zero-order chi connectivity index (χ0) is 22.5. The average Bonchev–Trinajstić information content (AvgIpc) is 3.24. The Kier molecular flexibility index (Phi) is 6.76. The second-order valence-corrected chi connectivity index (χ2v) is 9.01. The fourth-order valence-corrected chi connectivity index (χ4v) is 4.56. The number of anilines is 1. The van der Waals surface area contributed by atoms with Crippen LogP contribution in [0.4, 0.5) is 5.69 Å². The Balaban J connectivity index is 1.61. The molecular formula is C27H27N3OS. The van der Waals surface area contributed by atoms with E-state index in [-0.39, 0.29) is 11.2 Å². The number of amides is 1. The molecule has 3 aromatic carbocycles. The molecular weight excluding hydrogens is 414 g/mol. The summed E-state index contributed by atoms with van der Waals surface area (Å²) in [5.41, 5.74) is 7.07. The predicted octanol–water partition coefficient (Wildman–Crippen LogP) is 6.87. The van der Waals surface area contributed by atoms with Crippen LogP contribution in [0.15, 0.2) is 84.0 Å². The third kappa shape index (κ3) is 4.94. The summed E-state index contributed by atoms with van der Waals surface area (Å²) >= 11 is 1.47. The number of thioether (sulfide) groups is 1. The molecule has 4 aromatic rings. The number of nitrogens with one attached hydrogen (secondary N) is 2. The topological polar surface area (TPSA) is 57.8 Å². The van der Waals surface area contributed by atoms with Crippen LogP contribution in [0.2, 0.25) is 0 Å². The number of hydrogen-bond donors (Lipinski definition) is 2. The van der Waals surface area contributed by atoms with Gasteiger partial charge in [0.1, 0.15) is 0 Å². The van der Waals surface area contributed by atoms with E-state index in [1.165, 1.54) is 17.3 Å². The predicted molar refractivity (Wildman–Crippen MR) is 134 cm³/mol. The summed E-state index contributed by atoms with van der Waals surface area (Å²) in [4.78, 5) is 21.4. The van der Waals surface area contributed by atoms with Crippen LogP contribution >= 0.6 is 11.8 Å². The van der Waals surface area contributed by atoms with Gasteiger partial charge in [-0.15, -0.1) is 0 Å². The molecule has 1 amide bonds. The van der Waals surface area contributed by atoms with E-state index in [1.54, 1.807) is 0 Å². The van der Waals surface area contributed by atoms with Gasteiger partial charge in [0, 0.05) is 16.8 Å². The van der Waals surface area contributed by atoms with E-state index in [9.17, 15) is 4.79 Å². The summed E-state index contributed by atoms with van der Waals surface area (Å²) in [6, 6.07) is 26.4. The van der Waals surface area contributed by atoms with Crippen molar-refractivity contribution in [3.05, 3.63) is 90.0 Å². The first-order valence-electron chi connectivity index (χ1n) is 10.8. The van der Waals surface area contributed by atoms with E-state index in [2.05, 4.69) is 47.6 Å². The highest BCUT2D eigenvalue weighted by Crippen LogP contribution is 2.34. The van der Waals surface area contributed by atoms with E-state index in [0.717, 1.165) is 38.9 Å². The highest BCUT2D eigenvalue weighted by Gasteiger charge is 2.22. The molecule has 0 radical (unpaired) electrons. The molecule has 0 spiro atoms. The number of carbonyl (C=O) groups is 1. The van der Waals surface area contributed by atoms with Crippen molar-refractivity contribution >= 4 is 23.4 Å². The molecule has 0 saturated carbocycles. The lowest BCUT2D eigenvalue weighted by Crippen LogP contribution is -2.25. The molecule has 0 aliphatic carbocycles. The average molecular weight is 442 g/mol. The normalized spacial score (nSPS) is 11.8. The summed E-state index contributed by atoms with van der Waals surface area (Å²) in [6.45, 7) is 6.09. The first-order valence-corrected chi connectivity index (χ1v) is 11.7. The van der Waals surface area contributed by atoms with Crippen molar-refractivity contribution in [3.8, 4) is 22.5 Å². The molecule has 5 heteroatoms. The summed E-state index contributed by atoms with van der Waals surface area (Å²) < 4.78 is 0. The van der Waals surface area contributed by atoms with E-state index < -0.39 is 0 Å². The number of H-pyrrole nitrogens is 1. The molecule has 32 heavy (non-hydrogen) atoms. The Morgan fingerprint density at radius 3 is 2.25 bits per heavy atom. The highest BCUT2D eigenvalue weighted by molar-refractivity contribution is 8.00. The van der Waals surface area contributed by atoms with Gasteiger partial charge < -0.3 is 10.3 Å². The molecule has 0 aliphatic rings. The number of aromatic nitrogens is 2. The standard InChI is InChI=1S/C27H27N3OS/c1-4-23(26(31)28-22-16-15-18(2)17-19(22)3)32-27-29-24(20-11-7-5-8-12-20)25(30-27)21-13-9-6-10-14-21/h5-17,23H,4H2,1-3H3,(H,28,31)(H,29,30). The number of nitrogens with zero attached hydrogens (tertiary/aromatic N) is 1. The zero-order valence-electron chi connectivity index (χ0n) is 18.6. The largest absolute Gasteiger partial charge is 0.332 e. The van der Waals surface area contributed by atoms with Gasteiger partial charge in [-0.05, 0) is 31.9 Å². The molecule has 0 fully saturated rings. The molecule has 1 atom stereocenters. The second kappa shape index (κ2) is 9.88. The number of aryl methyl sites for hydroxylation is 2. The van der Waals surface area contributed by atoms with Crippen LogP contribution in [-0.2, 0) is 4.79 Å². The van der Waals surface area contributed by atoms with Gasteiger partial charge in [0.05, 0.1) is 16.6 Å². The molecule has 2 N–H and O–H groups in total. The number of hydrogen-bond acceptors (Lipinski definition) is 3. The van der Waals surface area contributed by atoms with E-state index in [4.69, 9.17) is 4.98 Å². The Morgan fingerprint density at radius 2 is 1.62 bits per heavy atom. The number of benzene rings is 3. The quantitative estimate of drug-likeness (QED) is 0.308. The summed E-state index contributed by atoms with van der Waals surface area (Å²) in [6.07, 6.45) is 0.698. The maximum atomic E-state index is 13.0. The van der Waals surface area contributed by atoms with Gasteiger partial charge in [0.25, 0.3) is 0 Å². The molecule has 4 rings (SSSR count). The summed E-state index contributed by atoms with van der Waals surface area (Å²) in [5.74, 6) is -0.0108. The monoisotopic (exact) mass is 441 g/mol. The lowest BCUT2D eigenvalue weighted by Gasteiger charge is -2.15. The van der Waals surface area contributed by atoms with Crippen LogP contribution in [-0.4, -0.2) is 21.1 Å². The maximum absolute atomic E-state index is 13.0. The van der Waals surface area contributed by atoms with Crippen molar-refractivity contribution in [1.82, 2.24) is 9.97 Å². The van der Waals surface area contributed by atoms with Gasteiger partial charge >= 0.3 is 0 Å². The van der Waals surface area contributed by atoms with Crippen molar-refractivity contribution in [2.75, 3.05) is 5.32 Å². The minimum absolute atomic E-state index is 0.0108. The second-order valence-electron chi connectivity index (χ2n) is 7.82. The molecule has 0 aliphatic heterocycles. The fraction of sp³-hybridized carbons (Fsp3) is 0.185. The molecule has 1 heterocycles. The van der Waals surface area contributed by atoms with Crippen molar-refractivity contribution < 1.29 is 4.79 Å². The summed E-state index contributed by atoms with van der Waals surface area (Å²) in [5, 5.41) is 3.58. The Hall–Kier alpha value is -3.31. The summed E-state index contributed by atoms with van der Waals surface area (Å²) in [7, 11) is 0. The van der Waals surface area contributed by atoms with Crippen LogP contribution in [0.25, 0.3) is 22.5 Å². The Morgan fingerprint density at radius 1 is 0.969 bits per heavy atom. The van der Waals surface area contributed by atoms with Gasteiger partial charge in [-0.1, -0.05) is 97.0 Å². The van der Waals surface area contributed by atoms with Crippen molar-refractivity contribution in [3.63, 3.8) is 0 Å². The number of imidazole rings is 1. The lowest BCUT2D eigenvalue weighted by atomic mass is 10.1. The molecule has 0 saturated heterocycles. The first kappa shape index (κ1) is 21.9. The number of carbonyl (C=O) groups excluding carboxylic acids is 1. The molecule has 162 valence electrons. The van der Waals surface area contributed by atoms with E-state index in [0.29, 0.717) is 6.42 Å². The van der Waals surface area contributed by atoms with E-state index in [1.807, 2.05) is 62.4 Å². The van der Waals surface area contributed by atoms with Crippen molar-refractivity contribution in [2.24, 2.45) is 0 Å². The van der Waals surface area contributed by atoms with Crippen LogP contribution in [0.5, 0.6) is 0 Å². The third-order valence-electron chi connectivity index (χ3n) is 5.35. The number of rotatable bonds is 7. The van der Waals surface area contributed by atoms with Gasteiger partial charge in [-0.2, -0.15) is 0 Å². The SMILES string of the molecule is CCC(Sc1nc(-c2ccccc2)c(-c2ccccc2)[nH]1)C(=O)Nc1ccc(C)cc1C. The lowest BCUT2D eigenvalue weighted by molar-refractivity contribution is -0.115. The molecule has 4 nitrogen and oxygen atoms in total. The van der Waals surface area contributed by atoms with Gasteiger partial charge in [-0.3, -0.25) is 4.79 Å². The van der Waals surface area contributed by atoms with Gasteiger partial charge in [0.15, 0.2) is 5.16 Å². The Labute approximate surface area is 193 Å². The van der Waals surface area contributed by atoms with Crippen LogP contribution in [0.3, 0.4) is 0 Å². The zero-order valence-corrected chi connectivity index (χ0v) is 19.4. The van der Waals surface area contributed by atoms with Crippen LogP contribution in [0, 0.1) is 13.8 Å². The first-order chi connectivity index (χ1) is 15.5. The van der Waals surface area contributed by atoms with Crippen LogP contribution in [0.1, 0.15) is 24.5 Å². The number of aromatic amines is 1. The van der Waals surface area contributed by atoms with Crippen LogP contribution < -0.4 is 5.32 Å². The molecule has 0 bridgehead atoms.